The molecule has 0 unspecified atom stereocenters. The minimum Gasteiger partial charge on any atom is -0.434 e. The summed E-state index contributed by atoms with van der Waals surface area (Å²) < 4.78 is 15.9. The fourth-order valence-electron chi connectivity index (χ4n) is 5.00. The van der Waals surface area contributed by atoms with E-state index in [-0.39, 0.29) is 56.7 Å². The quantitative estimate of drug-likeness (QED) is 0.0283. The highest BCUT2D eigenvalue weighted by molar-refractivity contribution is 6.29. The number of Topliss-reactive ketones (excluding diaryl/α,β-unsaturated/α-hetero) is 1. The van der Waals surface area contributed by atoms with Crippen molar-refractivity contribution in [1.82, 2.24) is 26.2 Å². The van der Waals surface area contributed by atoms with Crippen molar-refractivity contribution in [3.63, 3.8) is 0 Å². The van der Waals surface area contributed by atoms with Gasteiger partial charge in [-0.15, -0.1) is 0 Å². The molecule has 1 rings (SSSR count). The summed E-state index contributed by atoms with van der Waals surface area (Å²) in [5.41, 5.74) is -1.19. The lowest BCUT2D eigenvalue weighted by atomic mass is 9.88. The van der Waals surface area contributed by atoms with Gasteiger partial charge in [0.15, 0.2) is 11.4 Å². The van der Waals surface area contributed by atoms with Crippen LogP contribution in [0.15, 0.2) is 5.10 Å². The van der Waals surface area contributed by atoms with Gasteiger partial charge in [0.05, 0.1) is 51.2 Å². The molecule has 0 aromatic carbocycles. The van der Waals surface area contributed by atoms with Crippen LogP contribution in [0.25, 0.3) is 0 Å². The Morgan fingerprint density at radius 3 is 2.06 bits per heavy atom. The van der Waals surface area contributed by atoms with E-state index >= 15 is 0 Å². The summed E-state index contributed by atoms with van der Waals surface area (Å²) in [5.74, 6) is 2.55. The van der Waals surface area contributed by atoms with Gasteiger partial charge >= 0.3 is 6.16 Å². The predicted octanol–water partition coefficient (Wildman–Crippen LogP) is 0.638. The fraction of sp³-hybridized carbons (Fsp3) is 0.758. The minimum atomic E-state index is -1.60. The van der Waals surface area contributed by atoms with Gasteiger partial charge in [-0.2, -0.15) is 5.10 Å². The van der Waals surface area contributed by atoms with Crippen molar-refractivity contribution in [1.29, 1.82) is 5.41 Å². The standard InChI is InChI=1S/C33H58N8O9/c1-7-33(6,50-32(47)49-13-9-8-10-24(18-34)40-35)30(45)25(16-22(2)3)38-28(43)20-37-31(46)26(17-23(4)5)39-27(42)19-36-29(44)21-41-11-14-48-15-12-41/h18,22-23,25-26,34H,7-17,19-21,35H2,1-6H3,(H,36,44)(H,37,46)(H,38,43)(H,39,42)/t25-,26-,33+/m0/s1. The SMILES string of the molecule is CC[C@@](C)(OC(=O)OCCCCC(C=N)=NN)C(=O)[C@H](CC(C)C)NC(=O)CNC(=O)[C@H](CC(C)C)NC(=O)CNC(=O)CN1CCOCC1. The van der Waals surface area contributed by atoms with E-state index in [1.807, 2.05) is 32.6 Å². The molecule has 0 aliphatic carbocycles. The highest BCUT2D eigenvalue weighted by Crippen LogP contribution is 2.22. The number of nitrogens with one attached hydrogen (secondary N) is 5. The molecule has 0 radical (unpaired) electrons. The topological polar surface area (TPSA) is 244 Å². The zero-order valence-electron chi connectivity index (χ0n) is 30.4. The van der Waals surface area contributed by atoms with Gasteiger partial charge in [-0.1, -0.05) is 34.6 Å². The summed E-state index contributed by atoms with van der Waals surface area (Å²) in [6.07, 6.45) is 2.14. The maximum atomic E-state index is 13.7. The van der Waals surface area contributed by atoms with E-state index in [4.69, 9.17) is 25.5 Å². The van der Waals surface area contributed by atoms with Gasteiger partial charge in [-0.05, 0) is 57.3 Å². The number of nitrogens with two attached hydrogens (primary N) is 1. The van der Waals surface area contributed by atoms with Crippen LogP contribution >= 0.6 is 0 Å². The summed E-state index contributed by atoms with van der Waals surface area (Å²) in [7, 11) is 0. The molecule has 50 heavy (non-hydrogen) atoms. The number of ketones is 1. The number of hydrogen-bond acceptors (Lipinski definition) is 13. The van der Waals surface area contributed by atoms with E-state index in [9.17, 15) is 28.8 Å². The lowest BCUT2D eigenvalue weighted by molar-refractivity contribution is -0.143. The van der Waals surface area contributed by atoms with Crippen molar-refractivity contribution in [2.75, 3.05) is 52.5 Å². The van der Waals surface area contributed by atoms with Crippen LogP contribution in [0.3, 0.4) is 0 Å². The molecule has 1 aliphatic rings. The lowest BCUT2D eigenvalue weighted by Gasteiger charge is -2.31. The third kappa shape index (κ3) is 17.5. The molecule has 4 amide bonds. The summed E-state index contributed by atoms with van der Waals surface area (Å²) in [6.45, 7) is 12.3. The number of hydrazone groups is 1. The van der Waals surface area contributed by atoms with Crippen LogP contribution in [0.1, 0.15) is 80.1 Å². The zero-order valence-corrected chi connectivity index (χ0v) is 30.4. The van der Waals surface area contributed by atoms with Gasteiger partial charge in [0.25, 0.3) is 0 Å². The molecule has 7 N–H and O–H groups in total. The predicted molar refractivity (Wildman–Crippen MR) is 186 cm³/mol. The van der Waals surface area contributed by atoms with Crippen LogP contribution in [-0.4, -0.2) is 123 Å². The highest BCUT2D eigenvalue weighted by Gasteiger charge is 2.41. The molecule has 17 heteroatoms. The Balaban J connectivity index is 2.73. The Bertz CT molecular complexity index is 1170. The van der Waals surface area contributed by atoms with Gasteiger partial charge < -0.3 is 46.7 Å². The van der Waals surface area contributed by atoms with E-state index < -0.39 is 53.9 Å². The van der Waals surface area contributed by atoms with Crippen LogP contribution in [0, 0.1) is 17.2 Å². The van der Waals surface area contributed by atoms with Crippen LogP contribution in [0.2, 0.25) is 0 Å². The van der Waals surface area contributed by atoms with Crippen molar-refractivity contribution < 1.29 is 43.0 Å². The van der Waals surface area contributed by atoms with Crippen molar-refractivity contribution in [3.05, 3.63) is 0 Å². The lowest BCUT2D eigenvalue weighted by Crippen LogP contribution is -2.55. The van der Waals surface area contributed by atoms with E-state index in [1.165, 1.54) is 6.92 Å². The summed E-state index contributed by atoms with van der Waals surface area (Å²) in [5, 5.41) is 21.1. The van der Waals surface area contributed by atoms with Crippen molar-refractivity contribution in [3.8, 4) is 0 Å². The van der Waals surface area contributed by atoms with Crippen molar-refractivity contribution in [2.24, 2.45) is 22.8 Å². The second-order valence-electron chi connectivity index (χ2n) is 13.3. The summed E-state index contributed by atoms with van der Waals surface area (Å²) in [6, 6.07) is -1.99. The Labute approximate surface area is 295 Å². The first kappa shape index (κ1) is 43.9. The number of ether oxygens (including phenoxy) is 3. The van der Waals surface area contributed by atoms with Gasteiger partial charge in [-0.25, -0.2) is 4.79 Å². The monoisotopic (exact) mass is 710 g/mol. The minimum absolute atomic E-state index is 0.0187. The molecular formula is C33H58N8O9. The molecule has 1 heterocycles. The van der Waals surface area contributed by atoms with Gasteiger partial charge in [0.2, 0.25) is 23.6 Å². The Morgan fingerprint density at radius 2 is 1.50 bits per heavy atom. The number of nitrogens with zero attached hydrogens (tertiary/aromatic N) is 2. The number of unbranched alkanes of at least 4 members (excludes halogenated alkanes) is 1. The first-order chi connectivity index (χ1) is 23.6. The van der Waals surface area contributed by atoms with Crippen molar-refractivity contribution >= 4 is 47.5 Å². The van der Waals surface area contributed by atoms with E-state index in [2.05, 4.69) is 26.4 Å². The summed E-state index contributed by atoms with van der Waals surface area (Å²) in [4.78, 5) is 79.0. The molecule has 0 spiro atoms. The number of amides is 4. The molecule has 0 aromatic heterocycles. The second-order valence-corrected chi connectivity index (χ2v) is 13.3. The number of carbonyl (C=O) groups is 6. The summed E-state index contributed by atoms with van der Waals surface area (Å²) >= 11 is 0. The third-order valence-corrected chi connectivity index (χ3v) is 7.94. The van der Waals surface area contributed by atoms with Crippen molar-refractivity contribution in [2.45, 2.75) is 97.8 Å². The van der Waals surface area contributed by atoms with E-state index in [1.54, 1.807) is 6.92 Å². The average Bonchev–Trinajstić information content (AvgIpc) is 3.06. The zero-order chi connectivity index (χ0) is 37.7. The smallest absolute Gasteiger partial charge is 0.434 e. The number of carbonyl (C=O) groups excluding carboxylic acids is 6. The molecule has 0 saturated carbocycles. The van der Waals surface area contributed by atoms with E-state index in [0.29, 0.717) is 51.3 Å². The van der Waals surface area contributed by atoms with Gasteiger partial charge in [0.1, 0.15) is 6.04 Å². The molecule has 0 bridgehead atoms. The third-order valence-electron chi connectivity index (χ3n) is 7.94. The Hall–Kier alpha value is -4.12. The molecule has 17 nitrogen and oxygen atoms in total. The maximum Gasteiger partial charge on any atom is 0.509 e. The Kier molecular flexibility index (Phi) is 20.5. The van der Waals surface area contributed by atoms with Gasteiger partial charge in [0, 0.05) is 19.3 Å². The first-order valence-electron chi connectivity index (χ1n) is 17.2. The molecular weight excluding hydrogens is 652 g/mol. The molecule has 1 fully saturated rings. The molecule has 3 atom stereocenters. The van der Waals surface area contributed by atoms with Crippen LogP contribution < -0.4 is 27.1 Å². The number of rotatable bonds is 23. The average molecular weight is 711 g/mol. The second kappa shape index (κ2) is 23.3. The highest BCUT2D eigenvalue weighted by atomic mass is 16.7. The Morgan fingerprint density at radius 1 is 0.920 bits per heavy atom. The molecule has 1 aliphatic heterocycles. The maximum absolute atomic E-state index is 13.7. The molecule has 284 valence electrons. The van der Waals surface area contributed by atoms with Crippen LogP contribution in [0.5, 0.6) is 0 Å². The fourth-order valence-corrected chi connectivity index (χ4v) is 5.00. The number of hydrogen-bond donors (Lipinski definition) is 6. The van der Waals surface area contributed by atoms with Crippen LogP contribution in [0.4, 0.5) is 4.79 Å². The van der Waals surface area contributed by atoms with Crippen LogP contribution in [-0.2, 0) is 38.2 Å². The van der Waals surface area contributed by atoms with E-state index in [0.717, 1.165) is 6.21 Å². The molecule has 1 saturated heterocycles. The number of morpholine rings is 1. The normalized spacial score (nSPS) is 16.0. The molecule has 0 aromatic rings. The largest absolute Gasteiger partial charge is 0.509 e. The van der Waals surface area contributed by atoms with Gasteiger partial charge in [-0.3, -0.25) is 28.9 Å². The first-order valence-corrected chi connectivity index (χ1v) is 17.2.